The summed E-state index contributed by atoms with van der Waals surface area (Å²) in [4.78, 5) is 31.8. The fraction of sp³-hybridized carbons (Fsp3) is 0.292. The fourth-order valence-electron chi connectivity index (χ4n) is 4.31. The lowest BCUT2D eigenvalue weighted by Gasteiger charge is -2.28. The number of carbonyl (C=O) groups excluding carboxylic acids is 1. The van der Waals surface area contributed by atoms with Crippen molar-refractivity contribution in [3.63, 3.8) is 0 Å². The van der Waals surface area contributed by atoms with Crippen LogP contribution in [0, 0.1) is 0 Å². The first-order valence-corrected chi connectivity index (χ1v) is 10.8. The average molecular weight is 428 g/mol. The van der Waals surface area contributed by atoms with E-state index >= 15 is 0 Å². The summed E-state index contributed by atoms with van der Waals surface area (Å²) in [6.45, 7) is 2.21. The summed E-state index contributed by atoms with van der Waals surface area (Å²) in [5, 5.41) is 6.48. The number of hydrogen-bond donors (Lipinski definition) is 2. The van der Waals surface area contributed by atoms with Crippen molar-refractivity contribution in [3.8, 4) is 11.3 Å². The summed E-state index contributed by atoms with van der Waals surface area (Å²) < 4.78 is 0. The molecular formula is C24H25N7O. The second-order valence-corrected chi connectivity index (χ2v) is 8.27. The number of aromatic nitrogens is 4. The first kappa shape index (κ1) is 20.3. The smallest absolute Gasteiger partial charge is 0.146 e. The van der Waals surface area contributed by atoms with Crippen LogP contribution >= 0.6 is 0 Å². The highest BCUT2D eigenvalue weighted by atomic mass is 16.1. The highest BCUT2D eigenvalue weighted by molar-refractivity contribution is 5.79. The molecular weight excluding hydrogens is 402 g/mol. The van der Waals surface area contributed by atoms with Gasteiger partial charge in [0.1, 0.15) is 24.5 Å². The maximum Gasteiger partial charge on any atom is 0.146 e. The summed E-state index contributed by atoms with van der Waals surface area (Å²) in [5.41, 5.74) is 5.24. The predicted molar refractivity (Wildman–Crippen MR) is 123 cm³/mol. The molecule has 0 saturated carbocycles. The van der Waals surface area contributed by atoms with Crippen LogP contribution in [0.1, 0.15) is 41.6 Å². The van der Waals surface area contributed by atoms with Crippen molar-refractivity contribution in [2.75, 3.05) is 25.5 Å². The molecule has 0 aromatic carbocycles. The molecule has 2 aliphatic heterocycles. The Bertz CT molecular complexity index is 1120. The van der Waals surface area contributed by atoms with Crippen LogP contribution in [-0.2, 0) is 4.79 Å². The lowest BCUT2D eigenvalue weighted by molar-refractivity contribution is -0.109. The van der Waals surface area contributed by atoms with E-state index in [9.17, 15) is 4.79 Å². The van der Waals surface area contributed by atoms with Crippen LogP contribution in [0.3, 0.4) is 0 Å². The summed E-state index contributed by atoms with van der Waals surface area (Å²) >= 11 is 0. The first-order chi connectivity index (χ1) is 15.7. The van der Waals surface area contributed by atoms with Crippen molar-refractivity contribution in [2.45, 2.75) is 24.8 Å². The Kier molecular flexibility index (Phi) is 5.60. The maximum atomic E-state index is 11.7. The van der Waals surface area contributed by atoms with Gasteiger partial charge in [-0.1, -0.05) is 0 Å². The van der Waals surface area contributed by atoms with Gasteiger partial charge in [-0.3, -0.25) is 4.98 Å². The van der Waals surface area contributed by atoms with Crippen LogP contribution in [-0.4, -0.2) is 51.3 Å². The minimum absolute atomic E-state index is 0.475. The molecule has 162 valence electrons. The number of nitrogens with one attached hydrogen (secondary N) is 2. The second-order valence-electron chi connectivity index (χ2n) is 8.27. The Labute approximate surface area is 186 Å². The largest absolute Gasteiger partial charge is 0.378 e. The van der Waals surface area contributed by atoms with Gasteiger partial charge in [-0.25, -0.2) is 15.0 Å². The van der Waals surface area contributed by atoms with Gasteiger partial charge in [0.2, 0.25) is 0 Å². The van der Waals surface area contributed by atoms with Gasteiger partial charge < -0.3 is 20.3 Å². The Hall–Kier alpha value is -3.65. The number of rotatable bonds is 5. The third-order valence-electron chi connectivity index (χ3n) is 6.12. The number of hydrogen-bond acceptors (Lipinski definition) is 8. The van der Waals surface area contributed by atoms with Crippen molar-refractivity contribution in [1.82, 2.24) is 30.2 Å². The van der Waals surface area contributed by atoms with E-state index in [-0.39, 0.29) is 0 Å². The molecule has 0 spiro atoms. The molecule has 1 fully saturated rings. The van der Waals surface area contributed by atoms with Gasteiger partial charge in [0.25, 0.3) is 0 Å². The molecule has 8 nitrogen and oxygen atoms in total. The minimum atomic E-state index is -0.475. The summed E-state index contributed by atoms with van der Waals surface area (Å²) in [6.07, 6.45) is 13.7. The standard InChI is InChI=1S/C24H25N7O/c1-31-8-5-16(6-9-31)20-3-2-19(13-28-20)29-24-23-17(4-7-27-22(23)14-32)10-21(30-24)18-11-25-15-26-12-18/h2-4,7,10-16,22,27H,5-6,8-9H2,1H3,(H,29,30). The first-order valence-electron chi connectivity index (χ1n) is 10.8. The molecule has 2 aliphatic rings. The number of nitrogens with zero attached hydrogens (tertiary/aromatic N) is 5. The van der Waals surface area contributed by atoms with Crippen LogP contribution in [0.25, 0.3) is 17.3 Å². The van der Waals surface area contributed by atoms with Gasteiger partial charge >= 0.3 is 0 Å². The zero-order valence-electron chi connectivity index (χ0n) is 17.9. The molecule has 0 radical (unpaired) electrons. The summed E-state index contributed by atoms with van der Waals surface area (Å²) in [6, 6.07) is 5.61. The zero-order chi connectivity index (χ0) is 21.9. The van der Waals surface area contributed by atoms with Gasteiger partial charge in [-0.2, -0.15) is 0 Å². The highest BCUT2D eigenvalue weighted by Gasteiger charge is 2.23. The van der Waals surface area contributed by atoms with Crippen molar-refractivity contribution < 1.29 is 4.79 Å². The molecule has 1 atom stereocenters. The Morgan fingerprint density at radius 1 is 1.16 bits per heavy atom. The molecule has 2 N–H and O–H groups in total. The lowest BCUT2D eigenvalue weighted by atomic mass is 9.93. The van der Waals surface area contributed by atoms with Crippen LogP contribution in [0.15, 0.2) is 49.3 Å². The van der Waals surface area contributed by atoms with Crippen LogP contribution in [0.5, 0.6) is 0 Å². The predicted octanol–water partition coefficient (Wildman–Crippen LogP) is 3.30. The topological polar surface area (TPSA) is 95.9 Å². The molecule has 0 amide bonds. The lowest BCUT2D eigenvalue weighted by Crippen LogP contribution is -2.29. The van der Waals surface area contributed by atoms with E-state index < -0.39 is 6.04 Å². The van der Waals surface area contributed by atoms with Crippen molar-refractivity contribution in [1.29, 1.82) is 0 Å². The van der Waals surface area contributed by atoms with Crippen molar-refractivity contribution >= 4 is 23.9 Å². The molecule has 5 rings (SSSR count). The molecule has 1 unspecified atom stereocenters. The molecule has 3 aromatic rings. The van der Waals surface area contributed by atoms with Crippen LogP contribution < -0.4 is 10.6 Å². The van der Waals surface area contributed by atoms with Crippen LogP contribution in [0.2, 0.25) is 0 Å². The van der Waals surface area contributed by atoms with Gasteiger partial charge in [0.15, 0.2) is 0 Å². The zero-order valence-corrected chi connectivity index (χ0v) is 17.9. The second kappa shape index (κ2) is 8.84. The highest BCUT2D eigenvalue weighted by Crippen LogP contribution is 2.34. The molecule has 3 aromatic heterocycles. The Morgan fingerprint density at radius 3 is 2.69 bits per heavy atom. The molecule has 5 heterocycles. The fourth-order valence-corrected chi connectivity index (χ4v) is 4.31. The number of likely N-dealkylation sites (tertiary alicyclic amines) is 1. The monoisotopic (exact) mass is 427 g/mol. The SMILES string of the molecule is CN1CCC(c2ccc(Nc3nc(-c4cncnc4)cc4c3C(C=O)NC=C4)cn2)CC1. The molecule has 0 aliphatic carbocycles. The van der Waals surface area contributed by atoms with Gasteiger partial charge in [-0.15, -0.1) is 0 Å². The van der Waals surface area contributed by atoms with E-state index in [0.717, 1.165) is 66.0 Å². The number of piperidine rings is 1. The number of carbonyl (C=O) groups is 1. The number of aldehydes is 1. The molecule has 1 saturated heterocycles. The van der Waals surface area contributed by atoms with Gasteiger partial charge in [0, 0.05) is 35.1 Å². The average Bonchev–Trinajstić information content (AvgIpc) is 2.85. The van der Waals surface area contributed by atoms with Crippen molar-refractivity contribution in [2.24, 2.45) is 0 Å². The number of anilines is 2. The normalized spacial score (nSPS) is 18.6. The third kappa shape index (κ3) is 4.09. The van der Waals surface area contributed by atoms with E-state index in [4.69, 9.17) is 9.97 Å². The summed E-state index contributed by atoms with van der Waals surface area (Å²) in [7, 11) is 2.16. The Balaban J connectivity index is 1.47. The minimum Gasteiger partial charge on any atom is -0.378 e. The van der Waals surface area contributed by atoms with E-state index in [1.165, 1.54) is 6.33 Å². The number of fused-ring (bicyclic) bond motifs is 1. The van der Waals surface area contributed by atoms with E-state index in [0.29, 0.717) is 11.7 Å². The van der Waals surface area contributed by atoms with Gasteiger partial charge in [0.05, 0.1) is 17.6 Å². The van der Waals surface area contributed by atoms with E-state index in [1.807, 2.05) is 24.4 Å². The van der Waals surface area contributed by atoms with E-state index in [2.05, 4.69) is 38.6 Å². The molecule has 32 heavy (non-hydrogen) atoms. The van der Waals surface area contributed by atoms with E-state index in [1.54, 1.807) is 18.6 Å². The molecule has 0 bridgehead atoms. The number of pyridine rings is 2. The summed E-state index contributed by atoms with van der Waals surface area (Å²) in [5.74, 6) is 1.12. The van der Waals surface area contributed by atoms with Crippen molar-refractivity contribution in [3.05, 3.63) is 66.1 Å². The van der Waals surface area contributed by atoms with Crippen LogP contribution in [0.4, 0.5) is 11.5 Å². The van der Waals surface area contributed by atoms with Gasteiger partial charge in [-0.05, 0) is 69.0 Å². The quantitative estimate of drug-likeness (QED) is 0.599. The maximum absolute atomic E-state index is 11.7. The third-order valence-corrected chi connectivity index (χ3v) is 6.12. The Morgan fingerprint density at radius 2 is 1.97 bits per heavy atom. The molecule has 8 heteroatoms.